The number of carbonyl (C=O) groups excluding carboxylic acids is 1. The first-order valence-electron chi connectivity index (χ1n) is 6.97. The van der Waals surface area contributed by atoms with E-state index in [1.165, 1.54) is 6.20 Å². The summed E-state index contributed by atoms with van der Waals surface area (Å²) < 4.78 is 0. The Balaban J connectivity index is 2.72. The maximum absolute atomic E-state index is 12.0. The Morgan fingerprint density at radius 2 is 2.04 bits per heavy atom. The zero-order chi connectivity index (χ0) is 17.4. The van der Waals surface area contributed by atoms with Crippen LogP contribution in [0.5, 0.6) is 0 Å². The molecule has 1 atom stereocenters. The fourth-order valence-corrected chi connectivity index (χ4v) is 1.99. The number of rotatable bonds is 7. The summed E-state index contributed by atoms with van der Waals surface area (Å²) in [5.41, 5.74) is 0.609. The van der Waals surface area contributed by atoms with Crippen molar-refractivity contribution in [1.82, 2.24) is 10.6 Å². The molecule has 122 valence electrons. The number of halogens is 1. The van der Waals surface area contributed by atoms with Gasteiger partial charge >= 0.3 is 5.97 Å². The standard InChI is InChI=1S/C16H18ClN3O3/c1-10(2)14(16(22)23)20-15(21)12(7-18)9-19-8-11-5-3-4-6-13(11)17/h3-6,9-10,14,19H,8H2,1-2H3,(H,20,21)(H,22,23)/b12-9-. The fourth-order valence-electron chi connectivity index (χ4n) is 1.79. The highest BCUT2D eigenvalue weighted by Gasteiger charge is 2.24. The molecule has 1 aromatic rings. The predicted octanol–water partition coefficient (Wildman–Crippen LogP) is 2.06. The third-order valence-corrected chi connectivity index (χ3v) is 3.45. The topological polar surface area (TPSA) is 102 Å². The van der Waals surface area contributed by atoms with E-state index in [0.29, 0.717) is 11.6 Å². The van der Waals surface area contributed by atoms with E-state index in [2.05, 4.69) is 10.6 Å². The van der Waals surface area contributed by atoms with Gasteiger partial charge in [0.1, 0.15) is 17.7 Å². The maximum Gasteiger partial charge on any atom is 0.326 e. The molecule has 0 aliphatic rings. The summed E-state index contributed by atoms with van der Waals surface area (Å²) in [7, 11) is 0. The molecule has 0 aliphatic heterocycles. The molecular weight excluding hydrogens is 318 g/mol. The zero-order valence-corrected chi connectivity index (χ0v) is 13.6. The SMILES string of the molecule is CC(C)C(NC(=O)/C(C#N)=C\NCc1ccccc1Cl)C(=O)O. The predicted molar refractivity (Wildman–Crippen MR) is 86.4 cm³/mol. The molecule has 0 saturated carbocycles. The number of aliphatic carboxylic acids is 1. The molecule has 7 heteroatoms. The van der Waals surface area contributed by atoms with E-state index in [4.69, 9.17) is 22.0 Å². The lowest BCUT2D eigenvalue weighted by molar-refractivity contribution is -0.142. The Kier molecular flexibility index (Phi) is 7.10. The van der Waals surface area contributed by atoms with Crippen LogP contribution in [0.4, 0.5) is 0 Å². The van der Waals surface area contributed by atoms with Gasteiger partial charge in [-0.15, -0.1) is 0 Å². The Morgan fingerprint density at radius 3 is 2.57 bits per heavy atom. The molecule has 23 heavy (non-hydrogen) atoms. The van der Waals surface area contributed by atoms with Crippen molar-refractivity contribution >= 4 is 23.5 Å². The summed E-state index contributed by atoms with van der Waals surface area (Å²) in [6, 6.07) is 7.87. The van der Waals surface area contributed by atoms with E-state index in [1.54, 1.807) is 32.0 Å². The van der Waals surface area contributed by atoms with Crippen molar-refractivity contribution in [3.8, 4) is 6.07 Å². The number of nitrogens with one attached hydrogen (secondary N) is 2. The minimum Gasteiger partial charge on any atom is -0.480 e. The van der Waals surface area contributed by atoms with Crippen molar-refractivity contribution in [2.45, 2.75) is 26.4 Å². The van der Waals surface area contributed by atoms with Crippen molar-refractivity contribution in [2.75, 3.05) is 0 Å². The van der Waals surface area contributed by atoms with E-state index in [-0.39, 0.29) is 11.5 Å². The van der Waals surface area contributed by atoms with Crippen LogP contribution in [0, 0.1) is 17.2 Å². The molecule has 1 rings (SSSR count). The average Bonchev–Trinajstić information content (AvgIpc) is 2.50. The summed E-state index contributed by atoms with van der Waals surface area (Å²) in [6.07, 6.45) is 1.25. The van der Waals surface area contributed by atoms with Gasteiger partial charge in [0.25, 0.3) is 5.91 Å². The van der Waals surface area contributed by atoms with Gasteiger partial charge in [-0.25, -0.2) is 4.79 Å². The van der Waals surface area contributed by atoms with Crippen molar-refractivity contribution in [2.24, 2.45) is 5.92 Å². The van der Waals surface area contributed by atoms with E-state index in [0.717, 1.165) is 5.56 Å². The molecule has 0 fully saturated rings. The van der Waals surface area contributed by atoms with Gasteiger partial charge in [0, 0.05) is 17.8 Å². The number of amides is 1. The highest BCUT2D eigenvalue weighted by Crippen LogP contribution is 2.14. The highest BCUT2D eigenvalue weighted by atomic mass is 35.5. The first-order valence-corrected chi connectivity index (χ1v) is 7.35. The minimum absolute atomic E-state index is 0.205. The monoisotopic (exact) mass is 335 g/mol. The Morgan fingerprint density at radius 1 is 1.39 bits per heavy atom. The number of carboxylic acid groups (broad SMARTS) is 1. The number of nitrogens with zero attached hydrogens (tertiary/aromatic N) is 1. The molecule has 3 N–H and O–H groups in total. The second-order valence-corrected chi connectivity index (χ2v) is 5.58. The molecule has 1 unspecified atom stereocenters. The summed E-state index contributed by atoms with van der Waals surface area (Å²) >= 11 is 6.00. The zero-order valence-electron chi connectivity index (χ0n) is 12.8. The second-order valence-electron chi connectivity index (χ2n) is 5.18. The number of benzene rings is 1. The largest absolute Gasteiger partial charge is 0.480 e. The van der Waals surface area contributed by atoms with Crippen LogP contribution in [-0.4, -0.2) is 23.0 Å². The van der Waals surface area contributed by atoms with Crippen molar-refractivity contribution in [1.29, 1.82) is 5.26 Å². The number of hydrogen-bond donors (Lipinski definition) is 3. The number of hydrogen-bond acceptors (Lipinski definition) is 4. The van der Waals surface area contributed by atoms with E-state index in [9.17, 15) is 9.59 Å². The normalized spacial score (nSPS) is 12.4. The molecule has 0 radical (unpaired) electrons. The third-order valence-electron chi connectivity index (χ3n) is 3.08. The van der Waals surface area contributed by atoms with Crippen LogP contribution in [0.1, 0.15) is 19.4 Å². The number of carboxylic acids is 1. The lowest BCUT2D eigenvalue weighted by Gasteiger charge is -2.17. The third kappa shape index (κ3) is 5.64. The molecule has 0 aromatic heterocycles. The minimum atomic E-state index is -1.14. The van der Waals surface area contributed by atoms with Gasteiger partial charge in [-0.05, 0) is 17.5 Å². The molecule has 6 nitrogen and oxygen atoms in total. The van der Waals surface area contributed by atoms with Gasteiger partial charge in [0.15, 0.2) is 0 Å². The van der Waals surface area contributed by atoms with Crippen LogP contribution < -0.4 is 10.6 Å². The molecular formula is C16H18ClN3O3. The molecule has 0 spiro atoms. The number of nitriles is 1. The Labute approximate surface area is 139 Å². The van der Waals surface area contributed by atoms with E-state index >= 15 is 0 Å². The van der Waals surface area contributed by atoms with Crippen molar-refractivity contribution in [3.63, 3.8) is 0 Å². The van der Waals surface area contributed by atoms with Crippen LogP contribution >= 0.6 is 11.6 Å². The van der Waals surface area contributed by atoms with Crippen LogP contribution in [0.2, 0.25) is 5.02 Å². The maximum atomic E-state index is 12.0. The van der Waals surface area contributed by atoms with Gasteiger partial charge in [-0.3, -0.25) is 4.79 Å². The molecule has 1 aromatic carbocycles. The van der Waals surface area contributed by atoms with Gasteiger partial charge in [0.05, 0.1) is 0 Å². The molecule has 0 bridgehead atoms. The summed E-state index contributed by atoms with van der Waals surface area (Å²) in [6.45, 7) is 3.68. The molecule has 0 aliphatic carbocycles. The number of carbonyl (C=O) groups is 2. The Hall–Kier alpha value is -2.52. The van der Waals surface area contributed by atoms with Crippen LogP contribution in [0.15, 0.2) is 36.0 Å². The average molecular weight is 336 g/mol. The molecule has 0 saturated heterocycles. The van der Waals surface area contributed by atoms with E-state index in [1.807, 2.05) is 12.1 Å². The van der Waals surface area contributed by atoms with Gasteiger partial charge in [0.2, 0.25) is 0 Å². The summed E-state index contributed by atoms with van der Waals surface area (Å²) in [5.74, 6) is -2.18. The van der Waals surface area contributed by atoms with Crippen LogP contribution in [0.25, 0.3) is 0 Å². The quantitative estimate of drug-likeness (QED) is 0.523. The Bertz CT molecular complexity index is 650. The summed E-state index contributed by atoms with van der Waals surface area (Å²) in [4.78, 5) is 23.0. The smallest absolute Gasteiger partial charge is 0.326 e. The highest BCUT2D eigenvalue weighted by molar-refractivity contribution is 6.31. The van der Waals surface area contributed by atoms with Crippen molar-refractivity contribution in [3.05, 3.63) is 46.6 Å². The van der Waals surface area contributed by atoms with Crippen LogP contribution in [0.3, 0.4) is 0 Å². The van der Waals surface area contributed by atoms with Gasteiger partial charge < -0.3 is 15.7 Å². The second kappa shape index (κ2) is 8.81. The summed E-state index contributed by atoms with van der Waals surface area (Å²) in [5, 5.41) is 23.8. The molecule has 1 amide bonds. The van der Waals surface area contributed by atoms with Gasteiger partial charge in [-0.1, -0.05) is 43.6 Å². The fraction of sp³-hybridized carbons (Fsp3) is 0.312. The van der Waals surface area contributed by atoms with E-state index < -0.39 is 17.9 Å². The first-order chi connectivity index (χ1) is 10.9. The van der Waals surface area contributed by atoms with Crippen molar-refractivity contribution < 1.29 is 14.7 Å². The van der Waals surface area contributed by atoms with Gasteiger partial charge in [-0.2, -0.15) is 5.26 Å². The molecule has 0 heterocycles. The lowest BCUT2D eigenvalue weighted by atomic mass is 10.0. The van der Waals surface area contributed by atoms with Crippen LogP contribution in [-0.2, 0) is 16.1 Å². The first kappa shape index (κ1) is 18.5. The lowest BCUT2D eigenvalue weighted by Crippen LogP contribution is -2.44.